The van der Waals surface area contributed by atoms with Crippen LogP contribution in [-0.4, -0.2) is 49.8 Å². The van der Waals surface area contributed by atoms with Gasteiger partial charge >= 0.3 is 0 Å². The van der Waals surface area contributed by atoms with Crippen LogP contribution in [0.25, 0.3) is 0 Å². The molecular formula is C15H30N2O. The normalized spacial score (nSPS) is 41.5. The zero-order valence-corrected chi connectivity index (χ0v) is 12.5. The molecule has 0 spiro atoms. The van der Waals surface area contributed by atoms with Gasteiger partial charge in [0.25, 0.3) is 0 Å². The SMILES string of the molecule is CCNC1CC(C)CC(C)C1N(C)C1CCOC1. The van der Waals surface area contributed by atoms with Gasteiger partial charge in [-0.05, 0) is 44.7 Å². The first-order valence-corrected chi connectivity index (χ1v) is 7.66. The first-order valence-electron chi connectivity index (χ1n) is 7.66. The zero-order valence-electron chi connectivity index (χ0n) is 12.5. The predicted octanol–water partition coefficient (Wildman–Crippen LogP) is 2.12. The fourth-order valence-corrected chi connectivity index (χ4v) is 4.08. The fourth-order valence-electron chi connectivity index (χ4n) is 4.08. The van der Waals surface area contributed by atoms with Gasteiger partial charge in [-0.25, -0.2) is 0 Å². The number of hydrogen-bond acceptors (Lipinski definition) is 3. The lowest BCUT2D eigenvalue weighted by molar-refractivity contribution is 0.0455. The molecule has 0 aromatic carbocycles. The summed E-state index contributed by atoms with van der Waals surface area (Å²) in [6.45, 7) is 9.99. The third-order valence-corrected chi connectivity index (χ3v) is 4.84. The highest BCUT2D eigenvalue weighted by Crippen LogP contribution is 2.33. The van der Waals surface area contributed by atoms with Gasteiger partial charge in [-0.2, -0.15) is 0 Å². The van der Waals surface area contributed by atoms with Crippen LogP contribution < -0.4 is 5.32 Å². The van der Waals surface area contributed by atoms with E-state index in [0.717, 1.165) is 31.6 Å². The van der Waals surface area contributed by atoms with Crippen molar-refractivity contribution in [1.82, 2.24) is 10.2 Å². The van der Waals surface area contributed by atoms with Crippen molar-refractivity contribution in [1.29, 1.82) is 0 Å². The molecule has 0 aromatic rings. The lowest BCUT2D eigenvalue weighted by atomic mass is 9.75. The summed E-state index contributed by atoms with van der Waals surface area (Å²) in [7, 11) is 2.31. The van der Waals surface area contributed by atoms with Crippen LogP contribution in [0.5, 0.6) is 0 Å². The minimum absolute atomic E-state index is 0.631. The maximum absolute atomic E-state index is 5.56. The van der Waals surface area contributed by atoms with Gasteiger partial charge in [-0.3, -0.25) is 4.90 Å². The minimum atomic E-state index is 0.631. The Kier molecular flexibility index (Phi) is 5.05. The van der Waals surface area contributed by atoms with Crippen molar-refractivity contribution in [3.8, 4) is 0 Å². The second-order valence-corrected chi connectivity index (χ2v) is 6.39. The van der Waals surface area contributed by atoms with E-state index in [1.807, 2.05) is 0 Å². The highest BCUT2D eigenvalue weighted by atomic mass is 16.5. The molecule has 0 radical (unpaired) electrons. The molecule has 1 aliphatic carbocycles. The number of nitrogens with one attached hydrogen (secondary N) is 1. The van der Waals surface area contributed by atoms with Crippen molar-refractivity contribution in [2.75, 3.05) is 26.8 Å². The molecule has 3 heteroatoms. The lowest BCUT2D eigenvalue weighted by Gasteiger charge is -2.46. The molecular weight excluding hydrogens is 224 g/mol. The summed E-state index contributed by atoms with van der Waals surface area (Å²) in [5.74, 6) is 1.64. The van der Waals surface area contributed by atoms with Gasteiger partial charge in [0.05, 0.1) is 6.61 Å². The Bertz CT molecular complexity index is 251. The number of nitrogens with zero attached hydrogens (tertiary/aromatic N) is 1. The molecule has 0 bridgehead atoms. The van der Waals surface area contributed by atoms with Crippen LogP contribution in [0.2, 0.25) is 0 Å². The van der Waals surface area contributed by atoms with E-state index >= 15 is 0 Å². The Balaban J connectivity index is 2.05. The van der Waals surface area contributed by atoms with Gasteiger partial charge < -0.3 is 10.1 Å². The molecule has 0 amide bonds. The van der Waals surface area contributed by atoms with Crippen molar-refractivity contribution in [3.05, 3.63) is 0 Å². The standard InChI is InChI=1S/C15H30N2O/c1-5-16-14-9-11(2)8-12(3)15(14)17(4)13-6-7-18-10-13/h11-16H,5-10H2,1-4H3. The van der Waals surface area contributed by atoms with Gasteiger partial charge in [-0.15, -0.1) is 0 Å². The zero-order chi connectivity index (χ0) is 13.1. The molecule has 0 aromatic heterocycles. The van der Waals surface area contributed by atoms with Gasteiger partial charge in [0.2, 0.25) is 0 Å². The molecule has 1 saturated heterocycles. The minimum Gasteiger partial charge on any atom is -0.380 e. The Labute approximate surface area is 112 Å². The van der Waals surface area contributed by atoms with E-state index in [1.54, 1.807) is 0 Å². The first-order chi connectivity index (χ1) is 8.63. The van der Waals surface area contributed by atoms with Crippen LogP contribution in [0, 0.1) is 11.8 Å². The van der Waals surface area contributed by atoms with E-state index in [1.165, 1.54) is 19.3 Å². The van der Waals surface area contributed by atoms with Crippen LogP contribution >= 0.6 is 0 Å². The average Bonchev–Trinajstić information content (AvgIpc) is 2.81. The molecule has 106 valence electrons. The van der Waals surface area contributed by atoms with Crippen molar-refractivity contribution < 1.29 is 4.74 Å². The van der Waals surface area contributed by atoms with Gasteiger partial charge in [-0.1, -0.05) is 20.8 Å². The molecule has 18 heavy (non-hydrogen) atoms. The summed E-state index contributed by atoms with van der Waals surface area (Å²) in [6.07, 6.45) is 3.89. The molecule has 1 aliphatic heterocycles. The third-order valence-electron chi connectivity index (χ3n) is 4.84. The van der Waals surface area contributed by atoms with Crippen LogP contribution in [0.4, 0.5) is 0 Å². The third kappa shape index (κ3) is 3.06. The molecule has 2 fully saturated rings. The summed E-state index contributed by atoms with van der Waals surface area (Å²) in [5, 5.41) is 3.72. The molecule has 1 heterocycles. The topological polar surface area (TPSA) is 24.5 Å². The highest BCUT2D eigenvalue weighted by molar-refractivity contribution is 4.95. The van der Waals surface area contributed by atoms with Crippen molar-refractivity contribution in [2.24, 2.45) is 11.8 Å². The average molecular weight is 254 g/mol. The van der Waals surface area contributed by atoms with E-state index in [0.29, 0.717) is 18.1 Å². The Morgan fingerprint density at radius 2 is 2.06 bits per heavy atom. The van der Waals surface area contributed by atoms with Crippen LogP contribution in [0.3, 0.4) is 0 Å². The van der Waals surface area contributed by atoms with Crippen LogP contribution in [0.1, 0.15) is 40.0 Å². The number of hydrogen-bond donors (Lipinski definition) is 1. The van der Waals surface area contributed by atoms with Crippen molar-refractivity contribution in [3.63, 3.8) is 0 Å². The first kappa shape index (κ1) is 14.3. The molecule has 1 N–H and O–H groups in total. The van der Waals surface area contributed by atoms with Gasteiger partial charge in [0.15, 0.2) is 0 Å². The summed E-state index contributed by atoms with van der Waals surface area (Å²) < 4.78 is 5.56. The molecule has 5 atom stereocenters. The number of rotatable bonds is 4. The summed E-state index contributed by atoms with van der Waals surface area (Å²) >= 11 is 0. The van der Waals surface area contributed by atoms with E-state index < -0.39 is 0 Å². The van der Waals surface area contributed by atoms with E-state index in [2.05, 4.69) is 38.0 Å². The molecule has 1 saturated carbocycles. The van der Waals surface area contributed by atoms with E-state index in [-0.39, 0.29) is 0 Å². The molecule has 3 nitrogen and oxygen atoms in total. The predicted molar refractivity (Wildman–Crippen MR) is 75.8 cm³/mol. The quantitative estimate of drug-likeness (QED) is 0.832. The second kappa shape index (κ2) is 6.36. The van der Waals surface area contributed by atoms with Gasteiger partial charge in [0, 0.05) is 24.7 Å². The van der Waals surface area contributed by atoms with Crippen LogP contribution in [0.15, 0.2) is 0 Å². The Morgan fingerprint density at radius 3 is 2.67 bits per heavy atom. The lowest BCUT2D eigenvalue weighted by Crippen LogP contribution is -2.58. The summed E-state index contributed by atoms with van der Waals surface area (Å²) in [6, 6.07) is 1.96. The smallest absolute Gasteiger partial charge is 0.0622 e. The van der Waals surface area contributed by atoms with E-state index in [9.17, 15) is 0 Å². The Hall–Kier alpha value is -0.120. The maximum atomic E-state index is 5.56. The summed E-state index contributed by atoms with van der Waals surface area (Å²) in [5.41, 5.74) is 0. The van der Waals surface area contributed by atoms with Gasteiger partial charge in [0.1, 0.15) is 0 Å². The molecule has 5 unspecified atom stereocenters. The van der Waals surface area contributed by atoms with Crippen molar-refractivity contribution in [2.45, 2.75) is 58.2 Å². The fraction of sp³-hybridized carbons (Fsp3) is 1.00. The van der Waals surface area contributed by atoms with Crippen LogP contribution in [-0.2, 0) is 4.74 Å². The summed E-state index contributed by atoms with van der Waals surface area (Å²) in [4.78, 5) is 2.61. The second-order valence-electron chi connectivity index (χ2n) is 6.39. The highest BCUT2D eigenvalue weighted by Gasteiger charge is 2.38. The Morgan fingerprint density at radius 1 is 1.28 bits per heavy atom. The number of ether oxygens (including phenoxy) is 1. The number of likely N-dealkylation sites (N-methyl/N-ethyl adjacent to an activating group) is 2. The van der Waals surface area contributed by atoms with Crippen molar-refractivity contribution >= 4 is 0 Å². The maximum Gasteiger partial charge on any atom is 0.0622 e. The van der Waals surface area contributed by atoms with E-state index in [4.69, 9.17) is 4.74 Å². The molecule has 2 rings (SSSR count). The largest absolute Gasteiger partial charge is 0.380 e. The monoisotopic (exact) mass is 254 g/mol. The molecule has 2 aliphatic rings.